The molecule has 1 unspecified atom stereocenters. The number of hydrogen-bond acceptors (Lipinski definition) is 4. The van der Waals surface area contributed by atoms with Crippen LogP contribution < -0.4 is 10.2 Å². The van der Waals surface area contributed by atoms with E-state index >= 15 is 0 Å². The first kappa shape index (κ1) is 20.3. The molecule has 1 atom stereocenters. The minimum absolute atomic E-state index is 0.0618. The lowest BCUT2D eigenvalue weighted by Crippen LogP contribution is -2.49. The van der Waals surface area contributed by atoms with Gasteiger partial charge >= 0.3 is 0 Å². The van der Waals surface area contributed by atoms with Crippen LogP contribution in [0.15, 0.2) is 71.6 Å². The van der Waals surface area contributed by atoms with Gasteiger partial charge in [0.05, 0.1) is 6.26 Å². The number of pyridine rings is 1. The second-order valence-electron chi connectivity index (χ2n) is 7.56. The highest BCUT2D eigenvalue weighted by Crippen LogP contribution is 2.30. The van der Waals surface area contributed by atoms with Gasteiger partial charge in [-0.25, -0.2) is 4.39 Å². The van der Waals surface area contributed by atoms with E-state index in [0.717, 1.165) is 0 Å². The molecule has 6 nitrogen and oxygen atoms in total. The number of hydrogen-bond donors (Lipinski definition) is 1. The number of nitrogens with zero attached hydrogens (tertiary/aromatic N) is 2. The molecule has 0 saturated carbocycles. The standard InChI is InChI=1S/C22H22FN3O3/c1-22(2,3)25-20(27)19(15-6-4-12-24-14-15)26(17-10-8-16(23)9-11-17)21(28)18-7-5-13-29-18/h4-14,19H,1-3H3,(H,25,27). The molecule has 2 aromatic heterocycles. The van der Waals surface area contributed by atoms with Crippen LogP contribution in [0.3, 0.4) is 0 Å². The van der Waals surface area contributed by atoms with Gasteiger partial charge in [-0.3, -0.25) is 19.5 Å². The van der Waals surface area contributed by atoms with Crippen molar-refractivity contribution in [2.75, 3.05) is 4.90 Å². The SMILES string of the molecule is CC(C)(C)NC(=O)C(c1cccnc1)N(C(=O)c1ccco1)c1ccc(F)cc1. The van der Waals surface area contributed by atoms with Crippen molar-refractivity contribution in [3.05, 3.63) is 84.3 Å². The van der Waals surface area contributed by atoms with Crippen LogP contribution in [-0.2, 0) is 4.79 Å². The molecule has 2 amide bonds. The van der Waals surface area contributed by atoms with Crippen molar-refractivity contribution in [3.63, 3.8) is 0 Å². The van der Waals surface area contributed by atoms with Crippen LogP contribution in [0.2, 0.25) is 0 Å². The fourth-order valence-corrected chi connectivity index (χ4v) is 2.90. The van der Waals surface area contributed by atoms with Crippen molar-refractivity contribution in [2.45, 2.75) is 32.4 Å². The number of anilines is 1. The van der Waals surface area contributed by atoms with Gasteiger partial charge in [-0.1, -0.05) is 6.07 Å². The molecule has 1 aromatic carbocycles. The molecule has 3 aromatic rings. The summed E-state index contributed by atoms with van der Waals surface area (Å²) < 4.78 is 18.8. The number of nitrogens with one attached hydrogen (secondary N) is 1. The number of halogens is 1. The molecule has 0 fully saturated rings. The number of carbonyl (C=O) groups excluding carboxylic acids is 2. The maximum Gasteiger partial charge on any atom is 0.294 e. The van der Waals surface area contributed by atoms with E-state index in [1.54, 1.807) is 24.4 Å². The second-order valence-corrected chi connectivity index (χ2v) is 7.56. The molecule has 0 radical (unpaired) electrons. The molecule has 0 aliphatic carbocycles. The number of benzene rings is 1. The summed E-state index contributed by atoms with van der Waals surface area (Å²) in [4.78, 5) is 32.0. The topological polar surface area (TPSA) is 75.4 Å². The molecule has 150 valence electrons. The second kappa shape index (κ2) is 8.26. The number of furan rings is 1. The summed E-state index contributed by atoms with van der Waals surface area (Å²) in [6.07, 6.45) is 4.49. The summed E-state index contributed by atoms with van der Waals surface area (Å²) >= 11 is 0. The van der Waals surface area contributed by atoms with Crippen molar-refractivity contribution in [1.29, 1.82) is 0 Å². The Morgan fingerprint density at radius 2 is 1.83 bits per heavy atom. The molecule has 1 N–H and O–H groups in total. The van der Waals surface area contributed by atoms with E-state index in [4.69, 9.17) is 4.42 Å². The van der Waals surface area contributed by atoms with Gasteiger partial charge in [0.1, 0.15) is 11.9 Å². The van der Waals surface area contributed by atoms with Crippen molar-refractivity contribution >= 4 is 17.5 Å². The first-order valence-corrected chi connectivity index (χ1v) is 9.11. The third-order valence-corrected chi connectivity index (χ3v) is 4.06. The predicted octanol–water partition coefficient (Wildman–Crippen LogP) is 4.12. The Labute approximate surface area is 168 Å². The molecule has 0 aliphatic heterocycles. The summed E-state index contributed by atoms with van der Waals surface area (Å²) in [7, 11) is 0. The van der Waals surface area contributed by atoms with Crippen LogP contribution >= 0.6 is 0 Å². The third kappa shape index (κ3) is 4.87. The molecule has 7 heteroatoms. The largest absolute Gasteiger partial charge is 0.459 e. The summed E-state index contributed by atoms with van der Waals surface area (Å²) in [5, 5.41) is 2.91. The minimum atomic E-state index is -1.04. The van der Waals surface area contributed by atoms with Crippen molar-refractivity contribution < 1.29 is 18.4 Å². The molecule has 0 bridgehead atoms. The van der Waals surface area contributed by atoms with E-state index in [2.05, 4.69) is 10.3 Å². The zero-order valence-electron chi connectivity index (χ0n) is 16.4. The number of aromatic nitrogens is 1. The van der Waals surface area contributed by atoms with Crippen molar-refractivity contribution in [3.8, 4) is 0 Å². The summed E-state index contributed by atoms with van der Waals surface area (Å²) in [5.74, 6) is -1.31. The Bertz CT molecular complexity index is 965. The van der Waals surface area contributed by atoms with Gasteiger partial charge in [-0.2, -0.15) is 0 Å². The van der Waals surface area contributed by atoms with Gasteiger partial charge in [0.15, 0.2) is 5.76 Å². The smallest absolute Gasteiger partial charge is 0.294 e. The zero-order valence-corrected chi connectivity index (χ0v) is 16.4. The fraction of sp³-hybridized carbons (Fsp3) is 0.227. The van der Waals surface area contributed by atoms with Crippen molar-refractivity contribution in [2.24, 2.45) is 0 Å². The Morgan fingerprint density at radius 1 is 1.10 bits per heavy atom. The summed E-state index contributed by atoms with van der Waals surface area (Å²) in [6, 6.07) is 10.8. The monoisotopic (exact) mass is 395 g/mol. The quantitative estimate of drug-likeness (QED) is 0.705. The van der Waals surface area contributed by atoms with Crippen LogP contribution in [-0.4, -0.2) is 22.3 Å². The molecular formula is C22H22FN3O3. The summed E-state index contributed by atoms with van der Waals surface area (Å²) in [6.45, 7) is 5.55. The molecule has 3 rings (SSSR count). The van der Waals surface area contributed by atoms with Gasteiger partial charge in [0, 0.05) is 29.2 Å². The Kier molecular flexibility index (Phi) is 5.77. The van der Waals surface area contributed by atoms with Gasteiger partial charge in [0.25, 0.3) is 5.91 Å². The average molecular weight is 395 g/mol. The van der Waals surface area contributed by atoms with E-state index in [1.165, 1.54) is 47.7 Å². The molecule has 29 heavy (non-hydrogen) atoms. The van der Waals surface area contributed by atoms with Crippen molar-refractivity contribution in [1.82, 2.24) is 10.3 Å². The Balaban J connectivity index is 2.15. The van der Waals surface area contributed by atoms with Gasteiger partial charge in [-0.15, -0.1) is 0 Å². The third-order valence-electron chi connectivity index (χ3n) is 4.06. The van der Waals surface area contributed by atoms with E-state index in [-0.39, 0.29) is 5.76 Å². The fourth-order valence-electron chi connectivity index (χ4n) is 2.90. The molecule has 0 spiro atoms. The highest BCUT2D eigenvalue weighted by molar-refractivity contribution is 6.08. The predicted molar refractivity (Wildman–Crippen MR) is 107 cm³/mol. The Hall–Kier alpha value is -3.48. The van der Waals surface area contributed by atoms with Crippen LogP contribution in [0.4, 0.5) is 10.1 Å². The number of rotatable bonds is 5. The van der Waals surface area contributed by atoms with Gasteiger partial charge < -0.3 is 9.73 Å². The van der Waals surface area contributed by atoms with Crippen LogP contribution in [0, 0.1) is 5.82 Å². The molecule has 0 saturated heterocycles. The molecule has 0 aliphatic rings. The van der Waals surface area contributed by atoms with Gasteiger partial charge in [-0.05, 0) is 63.2 Å². The van der Waals surface area contributed by atoms with Crippen LogP contribution in [0.1, 0.15) is 42.9 Å². The lowest BCUT2D eigenvalue weighted by Gasteiger charge is -2.33. The first-order valence-electron chi connectivity index (χ1n) is 9.11. The maximum atomic E-state index is 13.5. The maximum absolute atomic E-state index is 13.5. The van der Waals surface area contributed by atoms with Crippen LogP contribution in [0.5, 0.6) is 0 Å². The highest BCUT2D eigenvalue weighted by atomic mass is 19.1. The lowest BCUT2D eigenvalue weighted by molar-refractivity contribution is -0.123. The van der Waals surface area contributed by atoms with E-state index in [1.807, 2.05) is 20.8 Å². The first-order chi connectivity index (χ1) is 13.8. The van der Waals surface area contributed by atoms with E-state index in [9.17, 15) is 14.0 Å². The average Bonchev–Trinajstić information content (AvgIpc) is 3.20. The molecule has 2 heterocycles. The van der Waals surface area contributed by atoms with Crippen LogP contribution in [0.25, 0.3) is 0 Å². The Morgan fingerprint density at radius 3 is 2.38 bits per heavy atom. The highest BCUT2D eigenvalue weighted by Gasteiger charge is 2.36. The molecular weight excluding hydrogens is 373 g/mol. The zero-order chi connectivity index (χ0) is 21.0. The number of amides is 2. The minimum Gasteiger partial charge on any atom is -0.459 e. The normalized spacial score (nSPS) is 12.3. The lowest BCUT2D eigenvalue weighted by atomic mass is 10.0. The number of carbonyl (C=O) groups is 2. The van der Waals surface area contributed by atoms with E-state index in [0.29, 0.717) is 11.3 Å². The van der Waals surface area contributed by atoms with Gasteiger partial charge in [0.2, 0.25) is 5.91 Å². The van der Waals surface area contributed by atoms with E-state index < -0.39 is 29.2 Å². The summed E-state index contributed by atoms with van der Waals surface area (Å²) in [5.41, 5.74) is 0.337.